The summed E-state index contributed by atoms with van der Waals surface area (Å²) in [6, 6.07) is 9.54. The topological polar surface area (TPSA) is 56.0 Å². The van der Waals surface area contributed by atoms with Gasteiger partial charge in [0.2, 0.25) is 5.91 Å². The van der Waals surface area contributed by atoms with Crippen LogP contribution in [0.25, 0.3) is 11.4 Å². The summed E-state index contributed by atoms with van der Waals surface area (Å²) in [5.41, 5.74) is 0.994. The Morgan fingerprint density at radius 1 is 1.17 bits per heavy atom. The summed E-state index contributed by atoms with van der Waals surface area (Å²) in [4.78, 5) is 23.2. The van der Waals surface area contributed by atoms with E-state index in [0.717, 1.165) is 17.2 Å². The third kappa shape index (κ3) is 3.08. The SMILES string of the molecule is C[C@@H](C(=O)N(C)Cc1nccn1C)n1ccnc1-c1ccccc1. The molecular formula is C18H21N5O. The Balaban J connectivity index is 1.79. The van der Waals surface area contributed by atoms with Crippen molar-refractivity contribution in [2.45, 2.75) is 19.5 Å². The molecule has 0 N–H and O–H groups in total. The van der Waals surface area contributed by atoms with Crippen LogP contribution in [0.4, 0.5) is 0 Å². The van der Waals surface area contributed by atoms with Crippen LogP contribution in [0.2, 0.25) is 0 Å². The molecule has 0 saturated heterocycles. The maximum absolute atomic E-state index is 12.8. The number of aromatic nitrogens is 4. The molecule has 3 aromatic rings. The number of amides is 1. The number of carbonyl (C=O) groups excluding carboxylic acids is 1. The second-order valence-electron chi connectivity index (χ2n) is 5.85. The van der Waals surface area contributed by atoms with E-state index in [4.69, 9.17) is 0 Å². The van der Waals surface area contributed by atoms with E-state index < -0.39 is 0 Å². The molecule has 0 aliphatic rings. The van der Waals surface area contributed by atoms with Crippen LogP contribution < -0.4 is 0 Å². The van der Waals surface area contributed by atoms with Gasteiger partial charge in [0.25, 0.3) is 0 Å². The lowest BCUT2D eigenvalue weighted by molar-refractivity contribution is -0.133. The summed E-state index contributed by atoms with van der Waals surface area (Å²) in [5, 5.41) is 0. The Hall–Kier alpha value is -2.89. The molecule has 0 radical (unpaired) electrons. The van der Waals surface area contributed by atoms with Gasteiger partial charge >= 0.3 is 0 Å². The summed E-state index contributed by atoms with van der Waals surface area (Å²) in [6.07, 6.45) is 7.19. The number of carbonyl (C=O) groups is 1. The smallest absolute Gasteiger partial charge is 0.245 e. The van der Waals surface area contributed by atoms with Crippen molar-refractivity contribution in [1.82, 2.24) is 24.0 Å². The molecule has 6 nitrogen and oxygen atoms in total. The molecule has 0 fully saturated rings. The Morgan fingerprint density at radius 2 is 1.88 bits per heavy atom. The molecule has 0 aliphatic heterocycles. The predicted molar refractivity (Wildman–Crippen MR) is 92.1 cm³/mol. The van der Waals surface area contributed by atoms with Crippen LogP contribution in [-0.4, -0.2) is 37.0 Å². The number of rotatable bonds is 5. The van der Waals surface area contributed by atoms with Crippen LogP contribution >= 0.6 is 0 Å². The minimum atomic E-state index is -0.340. The van der Waals surface area contributed by atoms with Crippen molar-refractivity contribution in [3.05, 3.63) is 60.9 Å². The average molecular weight is 323 g/mol. The fraction of sp³-hybridized carbons (Fsp3) is 0.278. The lowest BCUT2D eigenvalue weighted by Crippen LogP contribution is -2.33. The van der Waals surface area contributed by atoms with Gasteiger partial charge in [0, 0.05) is 44.4 Å². The van der Waals surface area contributed by atoms with Crippen LogP contribution in [0.3, 0.4) is 0 Å². The lowest BCUT2D eigenvalue weighted by Gasteiger charge is -2.23. The highest BCUT2D eigenvalue weighted by molar-refractivity contribution is 5.80. The summed E-state index contributed by atoms with van der Waals surface area (Å²) >= 11 is 0. The summed E-state index contributed by atoms with van der Waals surface area (Å²) in [5.74, 6) is 1.67. The second kappa shape index (κ2) is 6.70. The van der Waals surface area contributed by atoms with Crippen molar-refractivity contribution < 1.29 is 4.79 Å². The minimum Gasteiger partial charge on any atom is -0.337 e. The lowest BCUT2D eigenvalue weighted by atomic mass is 10.2. The van der Waals surface area contributed by atoms with Gasteiger partial charge in [-0.1, -0.05) is 30.3 Å². The van der Waals surface area contributed by atoms with Crippen molar-refractivity contribution in [2.75, 3.05) is 7.05 Å². The largest absolute Gasteiger partial charge is 0.337 e. The quantitative estimate of drug-likeness (QED) is 0.725. The average Bonchev–Trinajstić information content (AvgIpc) is 3.24. The molecule has 2 heterocycles. The monoisotopic (exact) mass is 323 g/mol. The number of imidazole rings is 2. The molecule has 0 bridgehead atoms. The second-order valence-corrected chi connectivity index (χ2v) is 5.85. The number of hydrogen-bond donors (Lipinski definition) is 0. The van der Waals surface area contributed by atoms with Gasteiger partial charge < -0.3 is 14.0 Å². The number of likely N-dealkylation sites (N-methyl/N-ethyl adjacent to an activating group) is 1. The Morgan fingerprint density at radius 3 is 2.54 bits per heavy atom. The molecule has 0 aliphatic carbocycles. The van der Waals surface area contributed by atoms with Gasteiger partial charge in [-0.25, -0.2) is 9.97 Å². The van der Waals surface area contributed by atoms with Crippen LogP contribution in [-0.2, 0) is 18.4 Å². The van der Waals surface area contributed by atoms with E-state index in [0.29, 0.717) is 6.54 Å². The molecule has 2 aromatic heterocycles. The minimum absolute atomic E-state index is 0.0215. The van der Waals surface area contributed by atoms with Crippen LogP contribution in [0, 0.1) is 0 Å². The molecule has 0 unspecified atom stereocenters. The van der Waals surface area contributed by atoms with Crippen molar-refractivity contribution in [3.63, 3.8) is 0 Å². The zero-order valence-electron chi connectivity index (χ0n) is 14.1. The van der Waals surface area contributed by atoms with Gasteiger partial charge in [-0.15, -0.1) is 0 Å². The maximum atomic E-state index is 12.8. The van der Waals surface area contributed by atoms with Crippen LogP contribution in [0.5, 0.6) is 0 Å². The molecule has 1 aromatic carbocycles. The summed E-state index contributed by atoms with van der Waals surface area (Å²) in [6.45, 7) is 2.37. The normalized spacial score (nSPS) is 12.1. The zero-order chi connectivity index (χ0) is 17.1. The fourth-order valence-corrected chi connectivity index (χ4v) is 2.71. The number of nitrogens with zero attached hydrogens (tertiary/aromatic N) is 5. The number of benzene rings is 1. The van der Waals surface area contributed by atoms with Crippen LogP contribution in [0.15, 0.2) is 55.1 Å². The molecule has 6 heteroatoms. The van der Waals surface area contributed by atoms with E-state index in [1.165, 1.54) is 0 Å². The summed E-state index contributed by atoms with van der Waals surface area (Å²) < 4.78 is 3.83. The van der Waals surface area contributed by atoms with Crippen molar-refractivity contribution in [3.8, 4) is 11.4 Å². The third-order valence-corrected chi connectivity index (χ3v) is 4.15. The van der Waals surface area contributed by atoms with Gasteiger partial charge in [0.05, 0.1) is 6.54 Å². The van der Waals surface area contributed by atoms with E-state index in [9.17, 15) is 4.79 Å². The van der Waals surface area contributed by atoms with Gasteiger partial charge in [0.15, 0.2) is 0 Å². The van der Waals surface area contributed by atoms with Crippen molar-refractivity contribution in [1.29, 1.82) is 0 Å². The molecule has 1 amide bonds. The molecular weight excluding hydrogens is 302 g/mol. The van der Waals surface area contributed by atoms with Crippen LogP contribution in [0.1, 0.15) is 18.8 Å². The molecule has 0 saturated carbocycles. The van der Waals surface area contributed by atoms with Crippen molar-refractivity contribution >= 4 is 5.91 Å². The molecule has 0 spiro atoms. The third-order valence-electron chi connectivity index (χ3n) is 4.15. The Kier molecular flexibility index (Phi) is 4.46. The van der Waals surface area contributed by atoms with E-state index >= 15 is 0 Å². The number of aryl methyl sites for hydroxylation is 1. The van der Waals surface area contributed by atoms with E-state index in [1.807, 2.05) is 65.8 Å². The van der Waals surface area contributed by atoms with E-state index in [-0.39, 0.29) is 11.9 Å². The van der Waals surface area contributed by atoms with Gasteiger partial charge in [-0.05, 0) is 6.92 Å². The highest BCUT2D eigenvalue weighted by Gasteiger charge is 2.22. The molecule has 3 rings (SSSR count). The van der Waals surface area contributed by atoms with Gasteiger partial charge in [-0.2, -0.15) is 0 Å². The number of hydrogen-bond acceptors (Lipinski definition) is 3. The first kappa shape index (κ1) is 16.0. The fourth-order valence-electron chi connectivity index (χ4n) is 2.71. The van der Waals surface area contributed by atoms with Gasteiger partial charge in [-0.3, -0.25) is 4.79 Å². The molecule has 124 valence electrons. The maximum Gasteiger partial charge on any atom is 0.245 e. The highest BCUT2D eigenvalue weighted by Crippen LogP contribution is 2.22. The zero-order valence-corrected chi connectivity index (χ0v) is 14.1. The Bertz CT molecular complexity index is 821. The van der Waals surface area contributed by atoms with E-state index in [1.54, 1.807) is 24.3 Å². The highest BCUT2D eigenvalue weighted by atomic mass is 16.2. The van der Waals surface area contributed by atoms with Gasteiger partial charge in [0.1, 0.15) is 17.7 Å². The molecule has 24 heavy (non-hydrogen) atoms. The van der Waals surface area contributed by atoms with E-state index in [2.05, 4.69) is 9.97 Å². The Labute approximate surface area is 141 Å². The predicted octanol–water partition coefficient (Wildman–Crippen LogP) is 2.50. The molecule has 1 atom stereocenters. The first-order valence-corrected chi connectivity index (χ1v) is 7.87. The first-order valence-electron chi connectivity index (χ1n) is 7.87. The first-order chi connectivity index (χ1) is 11.6. The summed E-state index contributed by atoms with van der Waals surface area (Å²) in [7, 11) is 3.72. The van der Waals surface area contributed by atoms with Crippen molar-refractivity contribution in [2.24, 2.45) is 7.05 Å². The standard InChI is InChI=1S/C18H21N5O/c1-14(18(24)22(3)13-16-19-9-11-21(16)2)23-12-10-20-17(23)15-7-5-4-6-8-15/h4-12,14H,13H2,1-3H3/t14-/m0/s1.